The Morgan fingerprint density at radius 1 is 0.857 bits per heavy atom. The molecule has 0 saturated carbocycles. The standard InChI is InChI=1S/C18H19N3/c1-12-7-13(2)9-14(8-12)18-16-6-5-15(21(3)4)10-17(16)19-11-20-18/h5-11H,1-4H3. The molecule has 0 radical (unpaired) electrons. The van der Waals surface area contributed by atoms with Gasteiger partial charge in [-0.05, 0) is 44.2 Å². The summed E-state index contributed by atoms with van der Waals surface area (Å²) in [4.78, 5) is 11.0. The SMILES string of the molecule is Cc1cc(C)cc(-c2ncnc3cc(N(C)C)ccc23)c1. The summed E-state index contributed by atoms with van der Waals surface area (Å²) < 4.78 is 0. The van der Waals surface area contributed by atoms with Crippen molar-refractivity contribution in [3.8, 4) is 11.3 Å². The van der Waals surface area contributed by atoms with E-state index < -0.39 is 0 Å². The van der Waals surface area contributed by atoms with Crippen molar-refractivity contribution >= 4 is 16.6 Å². The summed E-state index contributed by atoms with van der Waals surface area (Å²) in [7, 11) is 4.07. The number of nitrogens with zero attached hydrogens (tertiary/aromatic N) is 3. The minimum atomic E-state index is 0.977. The van der Waals surface area contributed by atoms with Gasteiger partial charge < -0.3 is 4.90 Å². The van der Waals surface area contributed by atoms with Gasteiger partial charge in [0.05, 0.1) is 11.2 Å². The fraction of sp³-hybridized carbons (Fsp3) is 0.222. The molecule has 1 heterocycles. The molecular weight excluding hydrogens is 258 g/mol. The zero-order valence-corrected chi connectivity index (χ0v) is 12.9. The molecule has 3 rings (SSSR count). The average molecular weight is 277 g/mol. The zero-order valence-electron chi connectivity index (χ0n) is 12.9. The summed E-state index contributed by atoms with van der Waals surface area (Å²) in [5.74, 6) is 0. The van der Waals surface area contributed by atoms with Crippen molar-refractivity contribution < 1.29 is 0 Å². The third-order valence-electron chi connectivity index (χ3n) is 3.63. The van der Waals surface area contributed by atoms with Crippen molar-refractivity contribution in [2.45, 2.75) is 13.8 Å². The van der Waals surface area contributed by atoms with E-state index in [4.69, 9.17) is 0 Å². The maximum atomic E-state index is 4.51. The molecule has 3 nitrogen and oxygen atoms in total. The average Bonchev–Trinajstić information content (AvgIpc) is 2.45. The molecule has 0 fully saturated rings. The minimum absolute atomic E-state index is 0.977. The zero-order chi connectivity index (χ0) is 15.0. The molecule has 0 aliphatic rings. The Balaban J connectivity index is 2.23. The van der Waals surface area contributed by atoms with E-state index in [1.54, 1.807) is 6.33 Å². The van der Waals surface area contributed by atoms with E-state index in [2.05, 4.69) is 65.1 Å². The molecule has 0 atom stereocenters. The maximum absolute atomic E-state index is 4.51. The van der Waals surface area contributed by atoms with E-state index >= 15 is 0 Å². The van der Waals surface area contributed by atoms with Crippen LogP contribution >= 0.6 is 0 Å². The van der Waals surface area contributed by atoms with E-state index in [1.165, 1.54) is 11.1 Å². The maximum Gasteiger partial charge on any atom is 0.116 e. The van der Waals surface area contributed by atoms with Crippen LogP contribution in [0.3, 0.4) is 0 Å². The monoisotopic (exact) mass is 277 g/mol. The van der Waals surface area contributed by atoms with Crippen LogP contribution in [0.2, 0.25) is 0 Å². The highest BCUT2D eigenvalue weighted by Crippen LogP contribution is 2.28. The number of hydrogen-bond acceptors (Lipinski definition) is 3. The quantitative estimate of drug-likeness (QED) is 0.709. The number of hydrogen-bond donors (Lipinski definition) is 0. The summed E-state index contributed by atoms with van der Waals surface area (Å²) >= 11 is 0. The van der Waals surface area contributed by atoms with Crippen LogP contribution in [-0.4, -0.2) is 24.1 Å². The highest BCUT2D eigenvalue weighted by molar-refractivity contribution is 5.94. The molecule has 0 bridgehead atoms. The van der Waals surface area contributed by atoms with Crippen LogP contribution in [0.1, 0.15) is 11.1 Å². The van der Waals surface area contributed by atoms with E-state index in [1.807, 2.05) is 14.1 Å². The molecule has 0 unspecified atom stereocenters. The largest absolute Gasteiger partial charge is 0.378 e. The summed E-state index contributed by atoms with van der Waals surface area (Å²) in [5.41, 5.74) is 6.77. The lowest BCUT2D eigenvalue weighted by atomic mass is 10.0. The van der Waals surface area contributed by atoms with Gasteiger partial charge in [-0.3, -0.25) is 0 Å². The second kappa shape index (κ2) is 5.17. The molecule has 0 spiro atoms. The molecule has 0 aliphatic carbocycles. The number of rotatable bonds is 2. The van der Waals surface area contributed by atoms with Gasteiger partial charge >= 0.3 is 0 Å². The Hall–Kier alpha value is -2.42. The lowest BCUT2D eigenvalue weighted by Crippen LogP contribution is -2.08. The Morgan fingerprint density at radius 3 is 2.24 bits per heavy atom. The Kier molecular flexibility index (Phi) is 3.34. The van der Waals surface area contributed by atoms with E-state index in [9.17, 15) is 0 Å². The molecule has 0 saturated heterocycles. The van der Waals surface area contributed by atoms with Crippen molar-refractivity contribution in [2.24, 2.45) is 0 Å². The number of aromatic nitrogens is 2. The van der Waals surface area contributed by atoms with Crippen LogP contribution in [0, 0.1) is 13.8 Å². The molecule has 106 valence electrons. The smallest absolute Gasteiger partial charge is 0.116 e. The molecule has 0 aliphatic heterocycles. The summed E-state index contributed by atoms with van der Waals surface area (Å²) in [5, 5.41) is 1.09. The summed E-state index contributed by atoms with van der Waals surface area (Å²) in [6.45, 7) is 4.23. The molecule has 2 aromatic carbocycles. The van der Waals surface area contributed by atoms with Crippen LogP contribution < -0.4 is 4.90 Å². The van der Waals surface area contributed by atoms with Crippen LogP contribution in [-0.2, 0) is 0 Å². The second-order valence-corrected chi connectivity index (χ2v) is 5.69. The van der Waals surface area contributed by atoms with Gasteiger partial charge in [0.1, 0.15) is 6.33 Å². The number of aryl methyl sites for hydroxylation is 2. The van der Waals surface area contributed by atoms with Crippen LogP contribution in [0.25, 0.3) is 22.2 Å². The van der Waals surface area contributed by atoms with Gasteiger partial charge in [0.2, 0.25) is 0 Å². The predicted octanol–water partition coefficient (Wildman–Crippen LogP) is 3.98. The topological polar surface area (TPSA) is 29.0 Å². The fourth-order valence-electron chi connectivity index (χ4n) is 2.67. The van der Waals surface area contributed by atoms with Crippen molar-refractivity contribution in [2.75, 3.05) is 19.0 Å². The van der Waals surface area contributed by atoms with Crippen molar-refractivity contribution in [3.63, 3.8) is 0 Å². The summed E-state index contributed by atoms with van der Waals surface area (Å²) in [6.07, 6.45) is 1.65. The Bertz CT molecular complexity index is 786. The first-order valence-electron chi connectivity index (χ1n) is 7.05. The third kappa shape index (κ3) is 2.59. The van der Waals surface area contributed by atoms with Crippen molar-refractivity contribution in [1.29, 1.82) is 0 Å². The van der Waals surface area contributed by atoms with Gasteiger partial charge in [0.15, 0.2) is 0 Å². The molecule has 0 amide bonds. The Labute approximate surface area is 125 Å². The lowest BCUT2D eigenvalue weighted by Gasteiger charge is -2.14. The van der Waals surface area contributed by atoms with Crippen LogP contribution in [0.5, 0.6) is 0 Å². The Morgan fingerprint density at radius 2 is 1.57 bits per heavy atom. The molecule has 21 heavy (non-hydrogen) atoms. The lowest BCUT2D eigenvalue weighted by molar-refractivity contribution is 1.13. The molecule has 0 N–H and O–H groups in total. The van der Waals surface area contributed by atoms with Gasteiger partial charge in [-0.1, -0.05) is 17.2 Å². The van der Waals surface area contributed by atoms with Gasteiger partial charge in [0.25, 0.3) is 0 Å². The molecule has 3 aromatic rings. The van der Waals surface area contributed by atoms with Gasteiger partial charge in [-0.2, -0.15) is 0 Å². The molecule has 3 heteroatoms. The third-order valence-corrected chi connectivity index (χ3v) is 3.63. The van der Waals surface area contributed by atoms with E-state index in [0.717, 1.165) is 27.8 Å². The number of anilines is 1. The minimum Gasteiger partial charge on any atom is -0.378 e. The second-order valence-electron chi connectivity index (χ2n) is 5.69. The van der Waals surface area contributed by atoms with Gasteiger partial charge in [-0.25, -0.2) is 9.97 Å². The highest BCUT2D eigenvalue weighted by atomic mass is 15.1. The molecular formula is C18H19N3. The van der Waals surface area contributed by atoms with Gasteiger partial charge in [0, 0.05) is 30.7 Å². The number of fused-ring (bicyclic) bond motifs is 1. The van der Waals surface area contributed by atoms with Crippen molar-refractivity contribution in [1.82, 2.24) is 9.97 Å². The fourth-order valence-corrected chi connectivity index (χ4v) is 2.67. The first kappa shape index (κ1) is 13.6. The van der Waals surface area contributed by atoms with Crippen molar-refractivity contribution in [3.05, 3.63) is 53.9 Å². The normalized spacial score (nSPS) is 10.9. The van der Waals surface area contributed by atoms with Crippen LogP contribution in [0.4, 0.5) is 5.69 Å². The van der Waals surface area contributed by atoms with Crippen LogP contribution in [0.15, 0.2) is 42.7 Å². The van der Waals surface area contributed by atoms with E-state index in [-0.39, 0.29) is 0 Å². The molecule has 1 aromatic heterocycles. The summed E-state index contributed by atoms with van der Waals surface area (Å²) in [6, 6.07) is 12.8. The van der Waals surface area contributed by atoms with Gasteiger partial charge in [-0.15, -0.1) is 0 Å². The predicted molar refractivity (Wildman–Crippen MR) is 88.8 cm³/mol. The number of benzene rings is 2. The first-order chi connectivity index (χ1) is 10.0. The highest BCUT2D eigenvalue weighted by Gasteiger charge is 2.08. The first-order valence-corrected chi connectivity index (χ1v) is 7.05. The van der Waals surface area contributed by atoms with E-state index in [0.29, 0.717) is 0 Å².